The largest absolute Gasteiger partial charge is 0.382 e. The number of hydrogen-bond acceptors (Lipinski definition) is 4. The molecule has 1 aromatic heterocycles. The van der Waals surface area contributed by atoms with Crippen LogP contribution in [0, 0.1) is 0 Å². The zero-order chi connectivity index (χ0) is 13.1. The zero-order valence-electron chi connectivity index (χ0n) is 11.5. The Morgan fingerprint density at radius 3 is 3.00 bits per heavy atom. The smallest absolute Gasteiger partial charge is 0.0948 e. The van der Waals surface area contributed by atoms with Crippen molar-refractivity contribution in [2.75, 3.05) is 33.5 Å². The lowest BCUT2D eigenvalue weighted by Gasteiger charge is -2.09. The van der Waals surface area contributed by atoms with E-state index in [1.165, 1.54) is 5.69 Å². The van der Waals surface area contributed by atoms with E-state index < -0.39 is 0 Å². The highest BCUT2D eigenvalue weighted by atomic mass is 16.5. The maximum atomic E-state index is 5.44. The van der Waals surface area contributed by atoms with Crippen LogP contribution >= 0.6 is 0 Å². The minimum Gasteiger partial charge on any atom is -0.382 e. The highest BCUT2D eigenvalue weighted by Crippen LogP contribution is 2.01. The van der Waals surface area contributed by atoms with Crippen LogP contribution in [-0.2, 0) is 22.6 Å². The second-order valence-electron chi connectivity index (χ2n) is 4.21. The molecule has 0 saturated carbocycles. The summed E-state index contributed by atoms with van der Waals surface area (Å²) in [7, 11) is 1.68. The van der Waals surface area contributed by atoms with Gasteiger partial charge < -0.3 is 19.4 Å². The Hall–Kier alpha value is -0.910. The molecule has 0 radical (unpaired) electrons. The Labute approximate surface area is 109 Å². The first-order chi connectivity index (χ1) is 8.88. The molecule has 0 aliphatic rings. The van der Waals surface area contributed by atoms with E-state index in [0.717, 1.165) is 39.1 Å². The topological polar surface area (TPSA) is 48.3 Å². The Bertz CT molecular complexity index is 302. The molecule has 5 heteroatoms. The molecule has 0 aliphatic carbocycles. The van der Waals surface area contributed by atoms with Crippen LogP contribution in [0.4, 0.5) is 0 Å². The van der Waals surface area contributed by atoms with Crippen LogP contribution in [0.3, 0.4) is 0 Å². The molecule has 1 heterocycles. The lowest BCUT2D eigenvalue weighted by molar-refractivity contribution is 0.0679. The molecule has 1 aromatic rings. The number of hydrogen-bond donors (Lipinski definition) is 1. The van der Waals surface area contributed by atoms with Crippen LogP contribution < -0.4 is 5.32 Å². The van der Waals surface area contributed by atoms with Gasteiger partial charge in [-0.1, -0.05) is 6.92 Å². The van der Waals surface area contributed by atoms with Gasteiger partial charge in [-0.15, -0.1) is 0 Å². The van der Waals surface area contributed by atoms with E-state index in [1.54, 1.807) is 7.11 Å². The summed E-state index contributed by atoms with van der Waals surface area (Å²) in [6, 6.07) is 0. The van der Waals surface area contributed by atoms with Crippen molar-refractivity contribution in [3.63, 3.8) is 0 Å². The number of nitrogens with one attached hydrogen (secondary N) is 1. The third-order valence-corrected chi connectivity index (χ3v) is 2.65. The molecule has 0 fully saturated rings. The standard InChI is InChI=1S/C13H25N3O2/c1-3-5-14-10-13-11-15-12-16(13)6-4-7-18-9-8-17-2/h11-12,14H,3-10H2,1-2H3. The molecule has 1 rings (SSSR count). The van der Waals surface area contributed by atoms with E-state index in [9.17, 15) is 0 Å². The van der Waals surface area contributed by atoms with Crippen LogP contribution in [0.25, 0.3) is 0 Å². The van der Waals surface area contributed by atoms with Gasteiger partial charge in [0.05, 0.1) is 25.2 Å². The number of methoxy groups -OCH3 is 1. The van der Waals surface area contributed by atoms with Gasteiger partial charge in [0.25, 0.3) is 0 Å². The molecule has 0 saturated heterocycles. The minimum absolute atomic E-state index is 0.664. The van der Waals surface area contributed by atoms with E-state index in [1.807, 2.05) is 12.5 Å². The summed E-state index contributed by atoms with van der Waals surface area (Å²) < 4.78 is 12.5. The third kappa shape index (κ3) is 6.14. The van der Waals surface area contributed by atoms with Gasteiger partial charge in [-0.2, -0.15) is 0 Å². The maximum absolute atomic E-state index is 5.44. The lowest BCUT2D eigenvalue weighted by Crippen LogP contribution is -2.17. The van der Waals surface area contributed by atoms with E-state index in [0.29, 0.717) is 13.2 Å². The molecule has 0 unspecified atom stereocenters. The molecule has 1 N–H and O–H groups in total. The fourth-order valence-electron chi connectivity index (χ4n) is 1.67. The van der Waals surface area contributed by atoms with Crippen molar-refractivity contribution < 1.29 is 9.47 Å². The second kappa shape index (κ2) is 10.1. The summed E-state index contributed by atoms with van der Waals surface area (Å²) in [6.45, 7) is 7.16. The van der Waals surface area contributed by atoms with Crippen LogP contribution in [0.5, 0.6) is 0 Å². The Kier molecular flexibility index (Phi) is 8.46. The average molecular weight is 255 g/mol. The molecular formula is C13H25N3O2. The van der Waals surface area contributed by atoms with Gasteiger partial charge in [0.1, 0.15) is 0 Å². The Balaban J connectivity index is 2.15. The number of nitrogens with zero attached hydrogens (tertiary/aromatic N) is 2. The molecule has 0 amide bonds. The SMILES string of the molecule is CCCNCc1cncn1CCCOCCOC. The van der Waals surface area contributed by atoms with Gasteiger partial charge in [0, 0.05) is 33.0 Å². The Morgan fingerprint density at radius 2 is 2.22 bits per heavy atom. The molecule has 0 aliphatic heterocycles. The number of imidazole rings is 1. The maximum Gasteiger partial charge on any atom is 0.0948 e. The van der Waals surface area contributed by atoms with Crippen LogP contribution in [0.15, 0.2) is 12.5 Å². The van der Waals surface area contributed by atoms with E-state index in [-0.39, 0.29) is 0 Å². The second-order valence-corrected chi connectivity index (χ2v) is 4.21. The van der Waals surface area contributed by atoms with Crippen molar-refractivity contribution in [3.8, 4) is 0 Å². The van der Waals surface area contributed by atoms with Crippen molar-refractivity contribution in [3.05, 3.63) is 18.2 Å². The summed E-state index contributed by atoms with van der Waals surface area (Å²) >= 11 is 0. The number of aryl methyl sites for hydroxylation is 1. The molecule has 104 valence electrons. The molecule has 0 bridgehead atoms. The van der Waals surface area contributed by atoms with Crippen molar-refractivity contribution in [2.45, 2.75) is 32.9 Å². The summed E-state index contributed by atoms with van der Waals surface area (Å²) in [4.78, 5) is 4.19. The fraction of sp³-hybridized carbons (Fsp3) is 0.769. The number of aromatic nitrogens is 2. The van der Waals surface area contributed by atoms with Gasteiger partial charge in [0.2, 0.25) is 0 Å². The first-order valence-corrected chi connectivity index (χ1v) is 6.65. The fourth-order valence-corrected chi connectivity index (χ4v) is 1.67. The van der Waals surface area contributed by atoms with Crippen molar-refractivity contribution in [1.82, 2.24) is 14.9 Å². The van der Waals surface area contributed by atoms with Gasteiger partial charge in [0.15, 0.2) is 0 Å². The van der Waals surface area contributed by atoms with Gasteiger partial charge in [-0.05, 0) is 19.4 Å². The van der Waals surface area contributed by atoms with Crippen molar-refractivity contribution >= 4 is 0 Å². The molecule has 0 spiro atoms. The molecule has 0 aromatic carbocycles. The van der Waals surface area contributed by atoms with Crippen LogP contribution in [-0.4, -0.2) is 43.0 Å². The van der Waals surface area contributed by atoms with Gasteiger partial charge in [-0.3, -0.25) is 0 Å². The molecule has 5 nitrogen and oxygen atoms in total. The predicted octanol–water partition coefficient (Wildman–Crippen LogP) is 1.44. The zero-order valence-corrected chi connectivity index (χ0v) is 11.5. The molecule has 0 atom stereocenters. The number of rotatable bonds is 11. The predicted molar refractivity (Wildman–Crippen MR) is 71.5 cm³/mol. The van der Waals surface area contributed by atoms with E-state index in [2.05, 4.69) is 21.8 Å². The summed E-state index contributed by atoms with van der Waals surface area (Å²) in [5.41, 5.74) is 1.24. The quantitative estimate of drug-likeness (QED) is 0.608. The molecular weight excluding hydrogens is 230 g/mol. The van der Waals surface area contributed by atoms with Gasteiger partial charge >= 0.3 is 0 Å². The summed E-state index contributed by atoms with van der Waals surface area (Å²) in [5, 5.41) is 3.39. The summed E-state index contributed by atoms with van der Waals surface area (Å²) in [6.07, 6.45) is 5.97. The van der Waals surface area contributed by atoms with Crippen molar-refractivity contribution in [1.29, 1.82) is 0 Å². The normalized spacial score (nSPS) is 11.0. The monoisotopic (exact) mass is 255 g/mol. The Morgan fingerprint density at radius 1 is 1.33 bits per heavy atom. The first-order valence-electron chi connectivity index (χ1n) is 6.65. The number of ether oxygens (including phenoxy) is 2. The van der Waals surface area contributed by atoms with E-state index >= 15 is 0 Å². The van der Waals surface area contributed by atoms with Crippen LogP contribution in [0.2, 0.25) is 0 Å². The highest BCUT2D eigenvalue weighted by Gasteiger charge is 2.01. The average Bonchev–Trinajstić information content (AvgIpc) is 2.82. The van der Waals surface area contributed by atoms with Crippen LogP contribution in [0.1, 0.15) is 25.5 Å². The first kappa shape index (κ1) is 15.1. The minimum atomic E-state index is 0.664. The molecule has 18 heavy (non-hydrogen) atoms. The van der Waals surface area contributed by atoms with E-state index in [4.69, 9.17) is 9.47 Å². The summed E-state index contributed by atoms with van der Waals surface area (Å²) in [5.74, 6) is 0. The van der Waals surface area contributed by atoms with Gasteiger partial charge in [-0.25, -0.2) is 4.98 Å². The lowest BCUT2D eigenvalue weighted by atomic mass is 10.4. The van der Waals surface area contributed by atoms with Crippen molar-refractivity contribution in [2.24, 2.45) is 0 Å². The highest BCUT2D eigenvalue weighted by molar-refractivity contribution is 4.97. The third-order valence-electron chi connectivity index (χ3n) is 2.65.